The maximum atomic E-state index is 12.6. The zero-order valence-electron chi connectivity index (χ0n) is 10.7. The minimum atomic E-state index is -4.49. The van der Waals surface area contributed by atoms with Crippen LogP contribution in [0.15, 0.2) is 6.20 Å². The first kappa shape index (κ1) is 14.5. The third-order valence-corrected chi connectivity index (χ3v) is 2.42. The molecule has 1 aromatic heterocycles. The first-order valence-electron chi connectivity index (χ1n) is 5.47. The quantitative estimate of drug-likeness (QED) is 0.837. The van der Waals surface area contributed by atoms with E-state index in [0.29, 0.717) is 0 Å². The molecule has 0 aliphatic carbocycles. The summed E-state index contributed by atoms with van der Waals surface area (Å²) in [6.45, 7) is 3.34. The van der Waals surface area contributed by atoms with Crippen molar-refractivity contribution < 1.29 is 18.0 Å². The monoisotopic (exact) mass is 263 g/mol. The molecular weight excluding hydrogens is 247 g/mol. The zero-order valence-corrected chi connectivity index (χ0v) is 10.7. The van der Waals surface area contributed by atoms with E-state index >= 15 is 0 Å². The summed E-state index contributed by atoms with van der Waals surface area (Å²) in [4.78, 5) is 16.4. The van der Waals surface area contributed by atoms with Gasteiger partial charge in [-0.05, 0) is 0 Å². The summed E-state index contributed by atoms with van der Waals surface area (Å²) >= 11 is 0. The molecule has 0 bridgehead atoms. The first-order valence-corrected chi connectivity index (χ1v) is 5.47. The first-order chi connectivity index (χ1) is 8.12. The molecule has 0 saturated carbocycles. The predicted molar refractivity (Wildman–Crippen MR) is 60.0 cm³/mol. The smallest absolute Gasteiger partial charge is 0.347 e. The summed E-state index contributed by atoms with van der Waals surface area (Å²) in [7, 11) is 3.11. The Morgan fingerprint density at radius 2 is 2.00 bits per heavy atom. The second-order valence-corrected chi connectivity index (χ2v) is 4.55. The molecule has 0 radical (unpaired) electrons. The van der Waals surface area contributed by atoms with Gasteiger partial charge in [0.15, 0.2) is 5.69 Å². The normalized spacial score (nSPS) is 12.0. The average molecular weight is 263 g/mol. The number of rotatable bonds is 3. The number of hydrogen-bond acceptors (Lipinski definition) is 2. The number of halogens is 3. The minimum absolute atomic E-state index is 0.135. The summed E-state index contributed by atoms with van der Waals surface area (Å²) in [6.07, 6.45) is -3.60. The maximum Gasteiger partial charge on any atom is 0.434 e. The van der Waals surface area contributed by atoms with Gasteiger partial charge in [0.05, 0.1) is 0 Å². The van der Waals surface area contributed by atoms with Gasteiger partial charge in [-0.15, -0.1) is 0 Å². The van der Waals surface area contributed by atoms with E-state index in [0.717, 1.165) is 6.20 Å². The predicted octanol–water partition coefficient (Wildman–Crippen LogP) is 2.11. The van der Waals surface area contributed by atoms with Crippen LogP contribution in [0.2, 0.25) is 0 Å². The summed E-state index contributed by atoms with van der Waals surface area (Å²) in [5.74, 6) is -0.198. The molecule has 0 aromatic carbocycles. The van der Waals surface area contributed by atoms with Crippen LogP contribution in [-0.2, 0) is 17.5 Å². The minimum Gasteiger partial charge on any atom is -0.347 e. The van der Waals surface area contributed by atoms with E-state index in [1.54, 1.807) is 27.9 Å². The third-order valence-electron chi connectivity index (χ3n) is 2.42. The van der Waals surface area contributed by atoms with Crippen LogP contribution >= 0.6 is 0 Å². The van der Waals surface area contributed by atoms with Gasteiger partial charge in [0.1, 0.15) is 12.4 Å². The maximum absolute atomic E-state index is 12.6. The van der Waals surface area contributed by atoms with Crippen molar-refractivity contribution >= 4 is 5.91 Å². The Balaban J connectivity index is 3.10. The fourth-order valence-corrected chi connectivity index (χ4v) is 1.44. The SMILES string of the molecule is CC(C)c1nc(C(F)(F)F)cn1CC(=O)N(C)C. The Morgan fingerprint density at radius 3 is 2.39 bits per heavy atom. The Kier molecular flexibility index (Phi) is 4.03. The van der Waals surface area contributed by atoms with Crippen molar-refractivity contribution in [1.29, 1.82) is 0 Å². The molecule has 1 rings (SSSR count). The molecular formula is C11H16F3N3O. The lowest BCUT2D eigenvalue weighted by Crippen LogP contribution is -2.26. The van der Waals surface area contributed by atoms with E-state index in [4.69, 9.17) is 0 Å². The molecule has 4 nitrogen and oxygen atoms in total. The van der Waals surface area contributed by atoms with E-state index in [-0.39, 0.29) is 24.2 Å². The number of amides is 1. The zero-order chi connectivity index (χ0) is 14.1. The van der Waals surface area contributed by atoms with Crippen LogP contribution in [-0.4, -0.2) is 34.5 Å². The van der Waals surface area contributed by atoms with Gasteiger partial charge in [-0.1, -0.05) is 13.8 Å². The van der Waals surface area contributed by atoms with Gasteiger partial charge in [-0.2, -0.15) is 13.2 Å². The second kappa shape index (κ2) is 4.99. The molecule has 1 amide bonds. The number of carbonyl (C=O) groups excluding carboxylic acids is 1. The van der Waals surface area contributed by atoms with E-state index in [2.05, 4.69) is 4.98 Å². The standard InChI is InChI=1S/C11H16F3N3O/c1-7(2)10-15-8(11(12,13)14)5-17(10)6-9(18)16(3)4/h5,7H,6H2,1-4H3. The van der Waals surface area contributed by atoms with Crippen molar-refractivity contribution in [2.24, 2.45) is 0 Å². The van der Waals surface area contributed by atoms with Crippen LogP contribution in [0.3, 0.4) is 0 Å². The van der Waals surface area contributed by atoms with Gasteiger partial charge in [-0.25, -0.2) is 4.98 Å². The molecule has 1 heterocycles. The van der Waals surface area contributed by atoms with Gasteiger partial charge in [0.2, 0.25) is 5.91 Å². The third kappa shape index (κ3) is 3.24. The highest BCUT2D eigenvalue weighted by Gasteiger charge is 2.35. The summed E-state index contributed by atoms with van der Waals surface area (Å²) < 4.78 is 39.0. The molecule has 7 heteroatoms. The Morgan fingerprint density at radius 1 is 1.44 bits per heavy atom. The molecule has 0 atom stereocenters. The largest absolute Gasteiger partial charge is 0.434 e. The van der Waals surface area contributed by atoms with E-state index in [1.807, 2.05) is 0 Å². The fourth-order valence-electron chi connectivity index (χ4n) is 1.44. The number of imidazole rings is 1. The Labute approximate surface area is 103 Å². The van der Waals surface area contributed by atoms with Crippen molar-refractivity contribution in [3.05, 3.63) is 17.7 Å². The molecule has 102 valence electrons. The highest BCUT2D eigenvalue weighted by molar-refractivity contribution is 5.75. The van der Waals surface area contributed by atoms with Crippen LogP contribution in [0, 0.1) is 0 Å². The fraction of sp³-hybridized carbons (Fsp3) is 0.636. The lowest BCUT2D eigenvalue weighted by Gasteiger charge is -2.13. The molecule has 0 N–H and O–H groups in total. The van der Waals surface area contributed by atoms with Crippen LogP contribution in [0.1, 0.15) is 31.3 Å². The summed E-state index contributed by atoms with van der Waals surface area (Å²) in [5.41, 5.74) is -0.960. The van der Waals surface area contributed by atoms with Crippen LogP contribution in [0.5, 0.6) is 0 Å². The molecule has 0 saturated heterocycles. The van der Waals surface area contributed by atoms with Gasteiger partial charge in [-0.3, -0.25) is 4.79 Å². The van der Waals surface area contributed by atoms with Crippen molar-refractivity contribution in [2.75, 3.05) is 14.1 Å². The van der Waals surface area contributed by atoms with Crippen molar-refractivity contribution in [1.82, 2.24) is 14.5 Å². The molecule has 0 spiro atoms. The van der Waals surface area contributed by atoms with Gasteiger partial charge in [0, 0.05) is 26.2 Å². The van der Waals surface area contributed by atoms with E-state index in [1.165, 1.54) is 9.47 Å². The highest BCUT2D eigenvalue weighted by Crippen LogP contribution is 2.29. The van der Waals surface area contributed by atoms with Crippen molar-refractivity contribution in [2.45, 2.75) is 32.5 Å². The number of carbonyl (C=O) groups is 1. The molecule has 0 aliphatic heterocycles. The number of aromatic nitrogens is 2. The van der Waals surface area contributed by atoms with Crippen molar-refractivity contribution in [3.63, 3.8) is 0 Å². The van der Waals surface area contributed by atoms with Crippen LogP contribution in [0.4, 0.5) is 13.2 Å². The number of likely N-dealkylation sites (N-methyl/N-ethyl adjacent to an activating group) is 1. The molecule has 0 aliphatic rings. The molecule has 0 unspecified atom stereocenters. The summed E-state index contributed by atoms with van der Waals surface area (Å²) in [5, 5.41) is 0. The topological polar surface area (TPSA) is 38.1 Å². The van der Waals surface area contributed by atoms with E-state index < -0.39 is 11.9 Å². The van der Waals surface area contributed by atoms with Crippen LogP contribution in [0.25, 0.3) is 0 Å². The lowest BCUT2D eigenvalue weighted by atomic mass is 10.2. The van der Waals surface area contributed by atoms with Crippen molar-refractivity contribution in [3.8, 4) is 0 Å². The number of hydrogen-bond donors (Lipinski definition) is 0. The number of alkyl halides is 3. The molecule has 0 fully saturated rings. The van der Waals surface area contributed by atoms with E-state index in [9.17, 15) is 18.0 Å². The molecule has 1 aromatic rings. The Hall–Kier alpha value is -1.53. The second-order valence-electron chi connectivity index (χ2n) is 4.55. The Bertz CT molecular complexity index is 435. The highest BCUT2D eigenvalue weighted by atomic mass is 19.4. The van der Waals surface area contributed by atoms with Gasteiger partial charge in [0.25, 0.3) is 0 Å². The molecule has 18 heavy (non-hydrogen) atoms. The van der Waals surface area contributed by atoms with Gasteiger partial charge >= 0.3 is 6.18 Å². The average Bonchev–Trinajstić information content (AvgIpc) is 2.60. The summed E-state index contributed by atoms with van der Waals surface area (Å²) in [6, 6.07) is 0. The lowest BCUT2D eigenvalue weighted by molar-refractivity contribution is -0.141. The van der Waals surface area contributed by atoms with Crippen LogP contribution < -0.4 is 0 Å². The number of nitrogens with zero attached hydrogens (tertiary/aromatic N) is 3. The van der Waals surface area contributed by atoms with Gasteiger partial charge < -0.3 is 9.47 Å².